The number of benzene rings is 3. The lowest BCUT2D eigenvalue weighted by Gasteiger charge is -2.22. The Morgan fingerprint density at radius 2 is 1.69 bits per heavy atom. The van der Waals surface area contributed by atoms with Gasteiger partial charge in [-0.3, -0.25) is 4.79 Å². The van der Waals surface area contributed by atoms with Gasteiger partial charge in [-0.1, -0.05) is 45.2 Å². The molecule has 0 aliphatic rings. The van der Waals surface area contributed by atoms with Gasteiger partial charge in [0.05, 0.1) is 18.6 Å². The molecule has 3 aromatic rings. The maximum Gasteiger partial charge on any atom is 0.243 e. The van der Waals surface area contributed by atoms with Crippen molar-refractivity contribution in [3.8, 4) is 5.75 Å². The molecule has 0 saturated heterocycles. The highest BCUT2D eigenvalue weighted by Crippen LogP contribution is 2.26. The average Bonchev–Trinajstić information content (AvgIpc) is 2.75. The molecule has 0 atom stereocenters. The van der Waals surface area contributed by atoms with Crippen LogP contribution in [0.1, 0.15) is 5.56 Å². The van der Waals surface area contributed by atoms with Gasteiger partial charge in [0, 0.05) is 26.8 Å². The van der Waals surface area contributed by atoms with E-state index in [0.717, 1.165) is 8.78 Å². The Labute approximate surface area is 205 Å². The Bertz CT molecular complexity index is 1200. The van der Waals surface area contributed by atoms with Crippen LogP contribution < -0.4 is 10.1 Å². The van der Waals surface area contributed by atoms with Gasteiger partial charge in [0.25, 0.3) is 0 Å². The zero-order chi connectivity index (χ0) is 23.3. The van der Waals surface area contributed by atoms with Crippen LogP contribution in [-0.4, -0.2) is 32.3 Å². The quantitative estimate of drug-likeness (QED) is 0.391. The minimum absolute atomic E-state index is 0.0584. The number of halogens is 3. The van der Waals surface area contributed by atoms with Crippen molar-refractivity contribution >= 4 is 60.7 Å². The molecule has 0 radical (unpaired) electrons. The monoisotopic (exact) mass is 556 g/mol. The first-order chi connectivity index (χ1) is 15.2. The van der Waals surface area contributed by atoms with Crippen molar-refractivity contribution in [2.75, 3.05) is 19.0 Å². The zero-order valence-corrected chi connectivity index (χ0v) is 20.8. The summed E-state index contributed by atoms with van der Waals surface area (Å²) in [6, 6.07) is 17.7. The normalized spacial score (nSPS) is 11.4. The SMILES string of the molecule is COc1ccc(NC(=O)CN(Cc2ccc(Cl)cc2Cl)S(=O)(=O)c2ccc(Br)cc2)cc1. The average molecular weight is 558 g/mol. The second-order valence-electron chi connectivity index (χ2n) is 6.74. The molecule has 6 nitrogen and oxygen atoms in total. The van der Waals surface area contributed by atoms with Crippen molar-refractivity contribution in [1.29, 1.82) is 0 Å². The highest BCUT2D eigenvalue weighted by molar-refractivity contribution is 9.10. The van der Waals surface area contributed by atoms with Crippen molar-refractivity contribution in [2.24, 2.45) is 0 Å². The number of ether oxygens (including phenoxy) is 1. The second kappa shape index (κ2) is 10.7. The minimum atomic E-state index is -4.00. The summed E-state index contributed by atoms with van der Waals surface area (Å²) in [6.07, 6.45) is 0. The number of sulfonamides is 1. The predicted octanol–water partition coefficient (Wildman–Crippen LogP) is 5.59. The Kier molecular flexibility index (Phi) is 8.19. The molecule has 0 aromatic heterocycles. The summed E-state index contributed by atoms with van der Waals surface area (Å²) < 4.78 is 33.6. The Morgan fingerprint density at radius 3 is 2.28 bits per heavy atom. The summed E-state index contributed by atoms with van der Waals surface area (Å²) in [4.78, 5) is 12.8. The minimum Gasteiger partial charge on any atom is -0.497 e. The van der Waals surface area contributed by atoms with Crippen LogP contribution in [-0.2, 0) is 21.4 Å². The molecular formula is C22H19BrCl2N2O4S. The molecule has 0 saturated carbocycles. The molecule has 32 heavy (non-hydrogen) atoms. The molecular weight excluding hydrogens is 539 g/mol. The van der Waals surface area contributed by atoms with Crippen molar-refractivity contribution in [2.45, 2.75) is 11.4 Å². The largest absolute Gasteiger partial charge is 0.497 e. The van der Waals surface area contributed by atoms with E-state index in [4.69, 9.17) is 27.9 Å². The molecule has 168 valence electrons. The van der Waals surface area contributed by atoms with E-state index in [1.165, 1.54) is 18.2 Å². The predicted molar refractivity (Wildman–Crippen MR) is 130 cm³/mol. The topological polar surface area (TPSA) is 75.7 Å². The molecule has 3 aromatic carbocycles. The van der Waals surface area contributed by atoms with E-state index in [-0.39, 0.29) is 11.4 Å². The molecule has 1 N–H and O–H groups in total. The Morgan fingerprint density at radius 1 is 1.03 bits per heavy atom. The molecule has 0 unspecified atom stereocenters. The van der Waals surface area contributed by atoms with Crippen LogP contribution >= 0.6 is 39.1 Å². The first kappa shape index (κ1) is 24.5. The molecule has 3 rings (SSSR count). The number of nitrogens with zero attached hydrogens (tertiary/aromatic N) is 1. The number of carbonyl (C=O) groups is 1. The molecule has 0 spiro atoms. The van der Waals surface area contributed by atoms with Gasteiger partial charge in [0.15, 0.2) is 0 Å². The molecule has 0 aliphatic carbocycles. The van der Waals surface area contributed by atoms with Crippen molar-refractivity contribution in [1.82, 2.24) is 4.31 Å². The number of amides is 1. The van der Waals surface area contributed by atoms with Gasteiger partial charge < -0.3 is 10.1 Å². The lowest BCUT2D eigenvalue weighted by Crippen LogP contribution is -2.37. The maximum atomic E-state index is 13.3. The Balaban J connectivity index is 1.88. The second-order valence-corrected chi connectivity index (χ2v) is 10.4. The van der Waals surface area contributed by atoms with E-state index in [9.17, 15) is 13.2 Å². The number of nitrogens with one attached hydrogen (secondary N) is 1. The van der Waals surface area contributed by atoms with E-state index in [1.807, 2.05) is 0 Å². The fourth-order valence-corrected chi connectivity index (χ4v) is 4.96. The van der Waals surface area contributed by atoms with Crippen molar-refractivity contribution < 1.29 is 17.9 Å². The van der Waals surface area contributed by atoms with Crippen LogP contribution in [0.25, 0.3) is 0 Å². The van der Waals surface area contributed by atoms with Crippen LogP contribution in [0.4, 0.5) is 5.69 Å². The lowest BCUT2D eigenvalue weighted by molar-refractivity contribution is -0.116. The van der Waals surface area contributed by atoms with Crippen molar-refractivity contribution in [3.63, 3.8) is 0 Å². The number of carbonyl (C=O) groups excluding carboxylic acids is 1. The Hall–Kier alpha value is -2.10. The van der Waals surface area contributed by atoms with Crippen LogP contribution in [0.3, 0.4) is 0 Å². The lowest BCUT2D eigenvalue weighted by atomic mass is 10.2. The molecule has 10 heteroatoms. The van der Waals surface area contributed by atoms with E-state index >= 15 is 0 Å². The molecule has 1 amide bonds. The molecule has 0 fully saturated rings. The van der Waals surface area contributed by atoms with E-state index in [2.05, 4.69) is 21.2 Å². The standard InChI is InChI=1S/C22H19BrCl2N2O4S/c1-31-19-8-6-18(7-9-19)26-22(28)14-27(13-15-2-5-17(24)12-21(15)25)32(29,30)20-10-3-16(23)4-11-20/h2-12H,13-14H2,1H3,(H,26,28). The van der Waals surface area contributed by atoms with E-state index in [0.29, 0.717) is 27.0 Å². The highest BCUT2D eigenvalue weighted by atomic mass is 79.9. The number of hydrogen-bond acceptors (Lipinski definition) is 4. The van der Waals surface area contributed by atoms with Crippen LogP contribution in [0.15, 0.2) is 76.1 Å². The summed E-state index contributed by atoms with van der Waals surface area (Å²) >= 11 is 15.5. The number of rotatable bonds is 8. The van der Waals surface area contributed by atoms with Gasteiger partial charge in [0.1, 0.15) is 5.75 Å². The number of hydrogen-bond donors (Lipinski definition) is 1. The van der Waals surface area contributed by atoms with Crippen LogP contribution in [0.2, 0.25) is 10.0 Å². The van der Waals surface area contributed by atoms with E-state index in [1.54, 1.807) is 55.6 Å². The summed E-state index contributed by atoms with van der Waals surface area (Å²) in [5, 5.41) is 3.44. The summed E-state index contributed by atoms with van der Waals surface area (Å²) in [5.41, 5.74) is 1.04. The van der Waals surface area contributed by atoms with Gasteiger partial charge in [-0.05, 0) is 66.2 Å². The summed E-state index contributed by atoms with van der Waals surface area (Å²) in [6.45, 7) is -0.520. The molecule has 0 heterocycles. The van der Waals surface area contributed by atoms with E-state index < -0.39 is 22.5 Å². The zero-order valence-electron chi connectivity index (χ0n) is 16.9. The highest BCUT2D eigenvalue weighted by Gasteiger charge is 2.27. The summed E-state index contributed by atoms with van der Waals surface area (Å²) in [5.74, 6) is 0.140. The van der Waals surface area contributed by atoms with Gasteiger partial charge in [0.2, 0.25) is 15.9 Å². The smallest absolute Gasteiger partial charge is 0.243 e. The number of anilines is 1. The molecule has 0 bridgehead atoms. The fraction of sp³-hybridized carbons (Fsp3) is 0.136. The first-order valence-electron chi connectivity index (χ1n) is 9.32. The van der Waals surface area contributed by atoms with Gasteiger partial charge in [-0.25, -0.2) is 8.42 Å². The third-order valence-corrected chi connectivity index (χ3v) is 7.43. The summed E-state index contributed by atoms with van der Waals surface area (Å²) in [7, 11) is -2.46. The van der Waals surface area contributed by atoms with Gasteiger partial charge >= 0.3 is 0 Å². The first-order valence-corrected chi connectivity index (χ1v) is 12.3. The third-order valence-electron chi connectivity index (χ3n) is 4.51. The maximum absolute atomic E-state index is 13.3. The van der Waals surface area contributed by atoms with Gasteiger partial charge in [-0.2, -0.15) is 4.31 Å². The van der Waals surface area contributed by atoms with Gasteiger partial charge in [-0.15, -0.1) is 0 Å². The third kappa shape index (κ3) is 6.24. The number of methoxy groups -OCH3 is 1. The molecule has 0 aliphatic heterocycles. The van der Waals surface area contributed by atoms with Crippen LogP contribution in [0, 0.1) is 0 Å². The fourth-order valence-electron chi connectivity index (χ4n) is 2.86. The van der Waals surface area contributed by atoms with Crippen LogP contribution in [0.5, 0.6) is 5.75 Å². The van der Waals surface area contributed by atoms with Crippen molar-refractivity contribution in [3.05, 3.63) is 86.8 Å².